The molecule has 1 aromatic heterocycles. The Hall–Kier alpha value is -1.40. The van der Waals surface area contributed by atoms with Crippen molar-refractivity contribution in [1.29, 1.82) is 0 Å². The average Bonchev–Trinajstić information content (AvgIpc) is 2.38. The number of hydrazine groups is 1. The minimum Gasteiger partial charge on any atom is -0.385 e. The van der Waals surface area contributed by atoms with Gasteiger partial charge in [0.2, 0.25) is 0 Å². The average molecular weight is 253 g/mol. The first kappa shape index (κ1) is 14.7. The Morgan fingerprint density at radius 3 is 2.72 bits per heavy atom. The molecule has 0 aliphatic rings. The molecule has 1 aromatic rings. The molecule has 0 aliphatic heterocycles. The topological polar surface area (TPSA) is 85.1 Å². The molecule has 102 valence electrons. The predicted molar refractivity (Wildman–Crippen MR) is 73.4 cm³/mol. The molecule has 0 bridgehead atoms. The van der Waals surface area contributed by atoms with E-state index in [2.05, 4.69) is 34.6 Å². The van der Waals surface area contributed by atoms with Gasteiger partial charge in [-0.05, 0) is 19.8 Å². The summed E-state index contributed by atoms with van der Waals surface area (Å²) in [5, 5.41) is 3.38. The van der Waals surface area contributed by atoms with Gasteiger partial charge >= 0.3 is 0 Å². The molecular formula is C12H23N5O. The second-order valence-electron chi connectivity index (χ2n) is 4.27. The van der Waals surface area contributed by atoms with Gasteiger partial charge in [-0.1, -0.05) is 13.3 Å². The van der Waals surface area contributed by atoms with Crippen LogP contribution >= 0.6 is 0 Å². The summed E-state index contributed by atoms with van der Waals surface area (Å²) in [6.45, 7) is 4.95. The van der Waals surface area contributed by atoms with Crippen LogP contribution in [0.1, 0.15) is 32.3 Å². The third-order valence-corrected chi connectivity index (χ3v) is 2.72. The van der Waals surface area contributed by atoms with E-state index < -0.39 is 0 Å². The minimum absolute atomic E-state index is 0.293. The highest BCUT2D eigenvalue weighted by Gasteiger charge is 2.12. The largest absolute Gasteiger partial charge is 0.385 e. The van der Waals surface area contributed by atoms with Crippen LogP contribution in [-0.4, -0.2) is 29.7 Å². The van der Waals surface area contributed by atoms with Crippen molar-refractivity contribution in [3.8, 4) is 0 Å². The molecule has 6 nitrogen and oxygen atoms in total. The van der Waals surface area contributed by atoms with Crippen molar-refractivity contribution in [1.82, 2.24) is 9.97 Å². The number of nitrogen functional groups attached to an aromatic ring is 1. The highest BCUT2D eigenvalue weighted by atomic mass is 16.5. The molecule has 0 saturated carbocycles. The van der Waals surface area contributed by atoms with Crippen molar-refractivity contribution in [3.63, 3.8) is 0 Å². The van der Waals surface area contributed by atoms with Gasteiger partial charge in [0.1, 0.15) is 18.0 Å². The van der Waals surface area contributed by atoms with Crippen molar-refractivity contribution in [3.05, 3.63) is 11.9 Å². The lowest BCUT2D eigenvalue weighted by atomic mass is 10.1. The lowest BCUT2D eigenvalue weighted by Gasteiger charge is -2.18. The lowest BCUT2D eigenvalue weighted by molar-refractivity contribution is 0.191. The number of nitrogens with two attached hydrogens (primary N) is 1. The fraction of sp³-hybridized carbons (Fsp3) is 0.667. The Bertz CT molecular complexity index is 358. The summed E-state index contributed by atoms with van der Waals surface area (Å²) in [4.78, 5) is 8.43. The second kappa shape index (κ2) is 7.84. The van der Waals surface area contributed by atoms with Crippen LogP contribution in [0.5, 0.6) is 0 Å². The third-order valence-electron chi connectivity index (χ3n) is 2.72. The highest BCUT2D eigenvalue weighted by molar-refractivity contribution is 5.57. The molecule has 0 fully saturated rings. The Kier molecular flexibility index (Phi) is 6.38. The Morgan fingerprint density at radius 2 is 2.11 bits per heavy atom. The number of hydrogen-bond acceptors (Lipinski definition) is 6. The summed E-state index contributed by atoms with van der Waals surface area (Å²) in [6, 6.07) is 0.293. The van der Waals surface area contributed by atoms with Crippen LogP contribution in [0.25, 0.3) is 0 Å². The Morgan fingerprint density at radius 1 is 1.39 bits per heavy atom. The number of anilines is 2. The molecule has 0 radical (unpaired) electrons. The quantitative estimate of drug-likeness (QED) is 0.481. The van der Waals surface area contributed by atoms with Crippen LogP contribution in [0.3, 0.4) is 0 Å². The summed E-state index contributed by atoms with van der Waals surface area (Å²) in [7, 11) is 1.70. The summed E-state index contributed by atoms with van der Waals surface area (Å²) >= 11 is 0. The Balaban J connectivity index is 2.79. The maximum absolute atomic E-state index is 5.47. The van der Waals surface area contributed by atoms with Gasteiger partial charge in [0.05, 0.1) is 0 Å². The molecule has 0 aliphatic carbocycles. The van der Waals surface area contributed by atoms with Gasteiger partial charge < -0.3 is 15.5 Å². The van der Waals surface area contributed by atoms with E-state index in [-0.39, 0.29) is 0 Å². The molecule has 6 heteroatoms. The number of rotatable bonds is 8. The lowest BCUT2D eigenvalue weighted by Crippen LogP contribution is -2.21. The first-order valence-corrected chi connectivity index (χ1v) is 6.28. The van der Waals surface area contributed by atoms with E-state index in [1.807, 2.05) is 0 Å². The zero-order valence-electron chi connectivity index (χ0n) is 11.4. The maximum atomic E-state index is 5.47. The van der Waals surface area contributed by atoms with Crippen LogP contribution in [0.4, 0.5) is 11.6 Å². The molecule has 18 heavy (non-hydrogen) atoms. The molecule has 0 amide bonds. The normalized spacial score (nSPS) is 12.2. The summed E-state index contributed by atoms with van der Waals surface area (Å²) in [5.74, 6) is 7.01. The predicted octanol–water partition coefficient (Wildman–Crippen LogP) is 1.55. The van der Waals surface area contributed by atoms with Crippen LogP contribution in [0, 0.1) is 0 Å². The molecule has 1 heterocycles. The summed E-state index contributed by atoms with van der Waals surface area (Å²) < 4.78 is 5.07. The zero-order chi connectivity index (χ0) is 13.4. The van der Waals surface area contributed by atoms with E-state index in [0.29, 0.717) is 11.9 Å². The van der Waals surface area contributed by atoms with Crippen LogP contribution in [-0.2, 0) is 11.2 Å². The van der Waals surface area contributed by atoms with Gasteiger partial charge in [-0.15, -0.1) is 0 Å². The molecular weight excluding hydrogens is 230 g/mol. The fourth-order valence-corrected chi connectivity index (χ4v) is 1.75. The van der Waals surface area contributed by atoms with Crippen molar-refractivity contribution < 1.29 is 4.74 Å². The summed E-state index contributed by atoms with van der Waals surface area (Å²) in [6.07, 6.45) is 4.35. The van der Waals surface area contributed by atoms with Gasteiger partial charge in [0.15, 0.2) is 0 Å². The highest BCUT2D eigenvalue weighted by Crippen LogP contribution is 2.21. The van der Waals surface area contributed by atoms with Gasteiger partial charge in [0, 0.05) is 25.3 Å². The Labute approximate surface area is 108 Å². The van der Waals surface area contributed by atoms with E-state index in [4.69, 9.17) is 10.6 Å². The minimum atomic E-state index is 0.293. The molecule has 1 unspecified atom stereocenters. The van der Waals surface area contributed by atoms with E-state index >= 15 is 0 Å². The number of hydrogen-bond donors (Lipinski definition) is 3. The first-order chi connectivity index (χ1) is 8.72. The second-order valence-corrected chi connectivity index (χ2v) is 4.27. The number of nitrogens with zero attached hydrogens (tertiary/aromatic N) is 2. The van der Waals surface area contributed by atoms with Gasteiger partial charge in [-0.2, -0.15) is 0 Å². The number of ether oxygens (including phenoxy) is 1. The van der Waals surface area contributed by atoms with E-state index in [9.17, 15) is 0 Å². The van der Waals surface area contributed by atoms with Gasteiger partial charge in [-0.25, -0.2) is 15.8 Å². The molecule has 0 saturated heterocycles. The summed E-state index contributed by atoms with van der Waals surface area (Å²) in [5.41, 5.74) is 3.66. The van der Waals surface area contributed by atoms with Crippen LogP contribution in [0.15, 0.2) is 6.33 Å². The van der Waals surface area contributed by atoms with Crippen molar-refractivity contribution in [2.24, 2.45) is 5.84 Å². The number of nitrogens with one attached hydrogen (secondary N) is 2. The molecule has 4 N–H and O–H groups in total. The molecule has 0 aromatic carbocycles. The van der Waals surface area contributed by atoms with E-state index in [1.54, 1.807) is 7.11 Å². The van der Waals surface area contributed by atoms with E-state index in [0.717, 1.165) is 37.3 Å². The monoisotopic (exact) mass is 253 g/mol. The number of methoxy groups -OCH3 is 1. The van der Waals surface area contributed by atoms with Gasteiger partial charge in [-0.3, -0.25) is 0 Å². The van der Waals surface area contributed by atoms with Gasteiger partial charge in [0.25, 0.3) is 0 Å². The third kappa shape index (κ3) is 4.12. The van der Waals surface area contributed by atoms with Crippen molar-refractivity contribution >= 4 is 11.6 Å². The standard InChI is InChI=1S/C12H23N5O/c1-4-5-10-11(14-8-15-12(10)17-13)16-9(2)6-7-18-3/h8-9H,4-7,13H2,1-3H3,(H2,14,15,16,17). The van der Waals surface area contributed by atoms with Crippen LogP contribution < -0.4 is 16.6 Å². The van der Waals surface area contributed by atoms with E-state index in [1.165, 1.54) is 6.33 Å². The zero-order valence-corrected chi connectivity index (χ0v) is 11.4. The fourth-order valence-electron chi connectivity index (χ4n) is 1.75. The molecule has 1 atom stereocenters. The van der Waals surface area contributed by atoms with Crippen molar-refractivity contribution in [2.75, 3.05) is 24.5 Å². The molecule has 1 rings (SSSR count). The van der Waals surface area contributed by atoms with Crippen LogP contribution in [0.2, 0.25) is 0 Å². The smallest absolute Gasteiger partial charge is 0.148 e. The first-order valence-electron chi connectivity index (χ1n) is 6.28. The number of aromatic nitrogens is 2. The SMILES string of the molecule is CCCc1c(NN)ncnc1NC(C)CCOC. The van der Waals surface area contributed by atoms with Crippen molar-refractivity contribution in [2.45, 2.75) is 39.2 Å². The molecule has 0 spiro atoms. The maximum Gasteiger partial charge on any atom is 0.148 e.